The molecular weight excluding hydrogens is 392 g/mol. The van der Waals surface area contributed by atoms with Gasteiger partial charge < -0.3 is 9.80 Å². The minimum atomic E-state index is 0.355. The topological polar surface area (TPSA) is 32.3 Å². The molecule has 0 saturated heterocycles. The van der Waals surface area contributed by atoms with Crippen LogP contribution in [0.1, 0.15) is 103 Å². The van der Waals surface area contributed by atoms with Crippen molar-refractivity contribution < 1.29 is 0 Å². The van der Waals surface area contributed by atoms with E-state index in [-0.39, 0.29) is 0 Å². The Morgan fingerprint density at radius 3 is 2.00 bits per heavy atom. The van der Waals surface area contributed by atoms with Gasteiger partial charge in [0, 0.05) is 11.4 Å². The Kier molecular flexibility index (Phi) is 6.88. The van der Waals surface area contributed by atoms with Crippen LogP contribution >= 0.6 is 0 Å². The highest BCUT2D eigenvalue weighted by atomic mass is 15.4. The smallest absolute Gasteiger partial charge is 0.178 e. The first-order valence-electron chi connectivity index (χ1n) is 12.7. The van der Waals surface area contributed by atoms with Gasteiger partial charge >= 0.3 is 0 Å². The summed E-state index contributed by atoms with van der Waals surface area (Å²) < 4.78 is 0. The van der Waals surface area contributed by atoms with Crippen LogP contribution < -0.4 is 9.80 Å². The fourth-order valence-electron chi connectivity index (χ4n) is 5.21. The van der Waals surface area contributed by atoms with Crippen molar-refractivity contribution in [2.75, 3.05) is 16.5 Å². The van der Waals surface area contributed by atoms with E-state index in [0.717, 1.165) is 55.4 Å². The van der Waals surface area contributed by atoms with Crippen molar-refractivity contribution in [3.05, 3.63) is 58.7 Å². The minimum absolute atomic E-state index is 0.355. The van der Waals surface area contributed by atoms with Crippen LogP contribution in [-0.4, -0.2) is 16.6 Å². The molecule has 4 nitrogen and oxygen atoms in total. The molecule has 0 bridgehead atoms. The van der Waals surface area contributed by atoms with E-state index in [9.17, 15) is 0 Å². The van der Waals surface area contributed by atoms with Crippen LogP contribution in [0.5, 0.6) is 0 Å². The van der Waals surface area contributed by atoms with E-state index in [1.165, 1.54) is 29.8 Å². The Bertz CT molecular complexity index is 960. The number of hydrogen-bond donors (Lipinski definition) is 0. The molecule has 0 unspecified atom stereocenters. The van der Waals surface area contributed by atoms with Gasteiger partial charge in [0.25, 0.3) is 0 Å². The Morgan fingerprint density at radius 2 is 1.44 bits per heavy atom. The SMILES string of the molecule is CCC(CC)C1=C(N2CN(C3=CCCC=C3)c3nc(C(C)C)c(C(C)C)nc32)CCC=C1. The molecule has 0 N–H and O–H groups in total. The van der Waals surface area contributed by atoms with Crippen molar-refractivity contribution in [2.24, 2.45) is 5.92 Å². The summed E-state index contributed by atoms with van der Waals surface area (Å²) in [4.78, 5) is 15.5. The molecule has 0 saturated carbocycles. The number of anilines is 2. The molecule has 0 amide bonds. The van der Waals surface area contributed by atoms with Gasteiger partial charge in [0.2, 0.25) is 0 Å². The average Bonchev–Trinajstić information content (AvgIpc) is 3.18. The maximum atomic E-state index is 5.33. The lowest BCUT2D eigenvalue weighted by Gasteiger charge is -2.30. The van der Waals surface area contributed by atoms with Crippen LogP contribution in [0.2, 0.25) is 0 Å². The predicted octanol–water partition coefficient (Wildman–Crippen LogP) is 7.58. The zero-order valence-corrected chi connectivity index (χ0v) is 20.9. The first-order chi connectivity index (χ1) is 15.5. The number of hydrogen-bond acceptors (Lipinski definition) is 4. The van der Waals surface area contributed by atoms with E-state index >= 15 is 0 Å². The molecular formula is C28H40N4. The summed E-state index contributed by atoms with van der Waals surface area (Å²) in [5, 5.41) is 0. The van der Waals surface area contributed by atoms with Crippen LogP contribution in [-0.2, 0) is 0 Å². The Balaban J connectivity index is 1.89. The van der Waals surface area contributed by atoms with Gasteiger partial charge in [0.15, 0.2) is 11.6 Å². The van der Waals surface area contributed by atoms with Gasteiger partial charge in [-0.25, -0.2) is 9.97 Å². The Labute approximate surface area is 194 Å². The first kappa shape index (κ1) is 22.8. The molecule has 1 aromatic heterocycles. The lowest BCUT2D eigenvalue weighted by molar-refractivity contribution is 0.567. The largest absolute Gasteiger partial charge is 0.308 e. The third-order valence-electron chi connectivity index (χ3n) is 7.02. The number of aromatic nitrogens is 2. The molecule has 1 aliphatic heterocycles. The van der Waals surface area contributed by atoms with E-state index in [1.54, 1.807) is 0 Å². The normalized spacial score (nSPS) is 18.5. The molecule has 3 aliphatic rings. The van der Waals surface area contributed by atoms with Crippen molar-refractivity contribution in [3.8, 4) is 0 Å². The zero-order chi connectivity index (χ0) is 22.8. The van der Waals surface area contributed by atoms with Crippen LogP contribution in [0.4, 0.5) is 11.6 Å². The molecule has 0 atom stereocenters. The fraction of sp³-hybridized carbons (Fsp3) is 0.571. The second kappa shape index (κ2) is 9.64. The van der Waals surface area contributed by atoms with Gasteiger partial charge in [-0.05, 0) is 67.9 Å². The van der Waals surface area contributed by atoms with E-state index in [4.69, 9.17) is 9.97 Å². The summed E-state index contributed by atoms with van der Waals surface area (Å²) >= 11 is 0. The van der Waals surface area contributed by atoms with Crippen molar-refractivity contribution in [2.45, 2.75) is 91.9 Å². The zero-order valence-electron chi connectivity index (χ0n) is 20.9. The average molecular weight is 433 g/mol. The number of allylic oxidation sites excluding steroid dienone is 7. The van der Waals surface area contributed by atoms with Gasteiger partial charge in [-0.15, -0.1) is 0 Å². The third kappa shape index (κ3) is 4.16. The molecule has 4 rings (SSSR count). The van der Waals surface area contributed by atoms with Crippen molar-refractivity contribution in [3.63, 3.8) is 0 Å². The number of rotatable bonds is 7. The van der Waals surface area contributed by atoms with E-state index in [0.29, 0.717) is 17.8 Å². The van der Waals surface area contributed by atoms with Gasteiger partial charge in [0.1, 0.15) is 6.67 Å². The summed E-state index contributed by atoms with van der Waals surface area (Å²) in [6, 6.07) is 0. The molecule has 32 heavy (non-hydrogen) atoms. The van der Waals surface area contributed by atoms with Crippen LogP contribution in [0.3, 0.4) is 0 Å². The maximum absolute atomic E-state index is 5.33. The predicted molar refractivity (Wildman–Crippen MR) is 136 cm³/mol. The molecule has 0 fully saturated rings. The van der Waals surface area contributed by atoms with Crippen LogP contribution in [0.15, 0.2) is 47.3 Å². The lowest BCUT2D eigenvalue weighted by Crippen LogP contribution is -2.32. The van der Waals surface area contributed by atoms with Gasteiger partial charge in [-0.3, -0.25) is 0 Å². The lowest BCUT2D eigenvalue weighted by atomic mass is 9.87. The van der Waals surface area contributed by atoms with E-state index < -0.39 is 0 Å². The van der Waals surface area contributed by atoms with Gasteiger partial charge in [-0.1, -0.05) is 65.8 Å². The number of nitrogens with zero attached hydrogens (tertiary/aromatic N) is 4. The highest BCUT2D eigenvalue weighted by molar-refractivity contribution is 5.76. The standard InChI is InChI=1S/C28H40N4/c1-7-21(8-2)23-16-12-13-17-24(23)32-18-31(22-14-10-9-11-15-22)27-28(32)30-26(20(5)6)25(29-27)19(3)4/h10,12,14-16,19-21H,7-9,11,13,17-18H2,1-6H3. The monoisotopic (exact) mass is 432 g/mol. The quantitative estimate of drug-likeness (QED) is 0.444. The summed E-state index contributed by atoms with van der Waals surface area (Å²) in [6.07, 6.45) is 18.4. The fourth-order valence-corrected chi connectivity index (χ4v) is 5.21. The molecule has 0 radical (unpaired) electrons. The van der Waals surface area contributed by atoms with Crippen molar-refractivity contribution in [1.29, 1.82) is 0 Å². The highest BCUT2D eigenvalue weighted by Crippen LogP contribution is 2.44. The van der Waals surface area contributed by atoms with Crippen molar-refractivity contribution in [1.82, 2.24) is 9.97 Å². The third-order valence-corrected chi connectivity index (χ3v) is 7.02. The molecule has 4 heteroatoms. The van der Waals surface area contributed by atoms with Gasteiger partial charge in [0.05, 0.1) is 11.4 Å². The molecule has 1 aromatic rings. The second-order valence-electron chi connectivity index (χ2n) is 9.91. The number of fused-ring (bicyclic) bond motifs is 1. The summed E-state index contributed by atoms with van der Waals surface area (Å²) in [5.41, 5.74) is 6.51. The second-order valence-corrected chi connectivity index (χ2v) is 9.91. The Morgan fingerprint density at radius 1 is 0.812 bits per heavy atom. The van der Waals surface area contributed by atoms with Gasteiger partial charge in [-0.2, -0.15) is 0 Å². The van der Waals surface area contributed by atoms with E-state index in [2.05, 4.69) is 81.7 Å². The summed E-state index contributed by atoms with van der Waals surface area (Å²) in [6.45, 7) is 14.4. The highest BCUT2D eigenvalue weighted by Gasteiger charge is 2.36. The van der Waals surface area contributed by atoms with Crippen LogP contribution in [0.25, 0.3) is 0 Å². The summed E-state index contributed by atoms with van der Waals surface area (Å²) in [7, 11) is 0. The van der Waals surface area contributed by atoms with Crippen LogP contribution in [0, 0.1) is 5.92 Å². The van der Waals surface area contributed by atoms with E-state index in [1.807, 2.05) is 0 Å². The molecule has 0 aromatic carbocycles. The van der Waals surface area contributed by atoms with Crippen molar-refractivity contribution >= 4 is 11.6 Å². The molecule has 172 valence electrons. The molecule has 0 spiro atoms. The molecule has 2 heterocycles. The minimum Gasteiger partial charge on any atom is -0.308 e. The summed E-state index contributed by atoms with van der Waals surface area (Å²) in [5.74, 6) is 3.39. The Hall–Kier alpha value is -2.36. The first-order valence-corrected chi connectivity index (χ1v) is 12.7. The maximum Gasteiger partial charge on any atom is 0.178 e. The molecule has 2 aliphatic carbocycles.